The maximum Gasteiger partial charge on any atom is 0.160 e. The lowest BCUT2D eigenvalue weighted by molar-refractivity contribution is 0.319. The molecule has 3 rings (SSSR count). The Morgan fingerprint density at radius 1 is 0.812 bits per heavy atom. The van der Waals surface area contributed by atoms with E-state index < -0.39 is 22.2 Å². The number of hydrogen-bond acceptors (Lipinski definition) is 4. The van der Waals surface area contributed by atoms with Gasteiger partial charge in [-0.15, -0.1) is 0 Å². The first kappa shape index (κ1) is 10.6. The van der Waals surface area contributed by atoms with Gasteiger partial charge < -0.3 is 0 Å². The zero-order valence-corrected chi connectivity index (χ0v) is 10.1. The molecular formula is C10H10O4S2. The summed E-state index contributed by atoms with van der Waals surface area (Å²) in [5.41, 5.74) is 4.22. The number of benzene rings is 1. The summed E-state index contributed by atoms with van der Waals surface area (Å²) >= 11 is -2.44. The molecule has 4 nitrogen and oxygen atoms in total. The zero-order valence-electron chi connectivity index (χ0n) is 8.43. The maximum absolute atomic E-state index is 11.3. The van der Waals surface area contributed by atoms with E-state index in [-0.39, 0.29) is 0 Å². The van der Waals surface area contributed by atoms with Gasteiger partial charge in [-0.1, -0.05) is 12.1 Å². The minimum Gasteiger partial charge on any atom is -0.285 e. The van der Waals surface area contributed by atoms with Crippen molar-refractivity contribution in [3.63, 3.8) is 0 Å². The second-order valence-corrected chi connectivity index (χ2v) is 6.07. The van der Waals surface area contributed by atoms with Crippen molar-refractivity contribution in [3.8, 4) is 0 Å². The van der Waals surface area contributed by atoms with Crippen LogP contribution in [-0.2, 0) is 55.2 Å². The van der Waals surface area contributed by atoms with Crippen LogP contribution in [-0.4, -0.2) is 8.42 Å². The second kappa shape index (κ2) is 4.03. The van der Waals surface area contributed by atoms with Gasteiger partial charge in [0.15, 0.2) is 22.2 Å². The Morgan fingerprint density at radius 2 is 1.25 bits per heavy atom. The highest BCUT2D eigenvalue weighted by Gasteiger charge is 2.21. The van der Waals surface area contributed by atoms with E-state index in [1.54, 1.807) is 0 Å². The summed E-state index contributed by atoms with van der Waals surface area (Å²) in [6.07, 6.45) is 0. The molecule has 2 atom stereocenters. The molecule has 0 aromatic heterocycles. The molecule has 0 aliphatic carbocycles. The molecular weight excluding hydrogens is 248 g/mol. The third-order valence-corrected chi connectivity index (χ3v) is 4.62. The number of fused-ring (bicyclic) bond motifs is 2. The van der Waals surface area contributed by atoms with Crippen LogP contribution in [0.4, 0.5) is 0 Å². The molecule has 2 aliphatic heterocycles. The van der Waals surface area contributed by atoms with Gasteiger partial charge in [0.1, 0.15) is 0 Å². The molecule has 6 heteroatoms. The Kier molecular flexibility index (Phi) is 2.67. The van der Waals surface area contributed by atoms with Crippen LogP contribution in [0.5, 0.6) is 0 Å². The average molecular weight is 258 g/mol. The van der Waals surface area contributed by atoms with Crippen LogP contribution in [0.3, 0.4) is 0 Å². The van der Waals surface area contributed by atoms with Crippen molar-refractivity contribution in [2.75, 3.05) is 0 Å². The van der Waals surface area contributed by atoms with Gasteiger partial charge in [-0.25, -0.2) is 8.42 Å². The first-order valence-electron chi connectivity index (χ1n) is 4.89. The van der Waals surface area contributed by atoms with Crippen LogP contribution in [0, 0.1) is 0 Å². The van der Waals surface area contributed by atoms with Crippen molar-refractivity contribution >= 4 is 22.2 Å². The Balaban J connectivity index is 2.05. The molecule has 1 aromatic carbocycles. The number of hydrogen-bond donors (Lipinski definition) is 0. The fraction of sp³-hybridized carbons (Fsp3) is 0.400. The highest BCUT2D eigenvalue weighted by atomic mass is 32.2. The molecule has 0 radical (unpaired) electrons. The summed E-state index contributed by atoms with van der Waals surface area (Å²) in [6, 6.07) is 4.00. The molecule has 2 unspecified atom stereocenters. The van der Waals surface area contributed by atoms with E-state index in [4.69, 9.17) is 8.37 Å². The average Bonchev–Trinajstić information content (AvgIpc) is 2.26. The van der Waals surface area contributed by atoms with Gasteiger partial charge in [0.2, 0.25) is 0 Å². The molecule has 16 heavy (non-hydrogen) atoms. The maximum atomic E-state index is 11.3. The smallest absolute Gasteiger partial charge is 0.160 e. The summed E-state index contributed by atoms with van der Waals surface area (Å²) < 4.78 is 32.7. The van der Waals surface area contributed by atoms with Crippen molar-refractivity contribution < 1.29 is 16.8 Å². The Morgan fingerprint density at radius 3 is 1.75 bits per heavy atom. The van der Waals surface area contributed by atoms with Crippen LogP contribution in [0.15, 0.2) is 12.1 Å². The molecule has 2 heterocycles. The lowest BCUT2D eigenvalue weighted by Crippen LogP contribution is -2.16. The van der Waals surface area contributed by atoms with Gasteiger partial charge in [-0.2, -0.15) is 0 Å². The van der Waals surface area contributed by atoms with Crippen LogP contribution in [0.1, 0.15) is 22.3 Å². The summed E-state index contributed by atoms with van der Waals surface area (Å²) in [5.74, 6) is 0.853. The molecule has 0 bridgehead atoms. The molecule has 0 N–H and O–H groups in total. The van der Waals surface area contributed by atoms with Crippen molar-refractivity contribution in [3.05, 3.63) is 34.4 Å². The van der Waals surface area contributed by atoms with E-state index in [1.807, 2.05) is 12.1 Å². The molecule has 2 aliphatic rings. The first-order chi connectivity index (χ1) is 7.72. The normalized spacial score (nSPS) is 28.2. The van der Waals surface area contributed by atoms with Gasteiger partial charge >= 0.3 is 0 Å². The van der Waals surface area contributed by atoms with Crippen molar-refractivity contribution in [1.82, 2.24) is 0 Å². The monoisotopic (exact) mass is 258 g/mol. The van der Waals surface area contributed by atoms with Crippen LogP contribution < -0.4 is 0 Å². The predicted octanol–water partition coefficient (Wildman–Crippen LogP) is 1.07. The van der Waals surface area contributed by atoms with E-state index >= 15 is 0 Å². The largest absolute Gasteiger partial charge is 0.285 e. The summed E-state index contributed by atoms with van der Waals surface area (Å²) in [6.45, 7) is 0.774. The van der Waals surface area contributed by atoms with E-state index in [1.165, 1.54) is 0 Å². The molecule has 86 valence electrons. The fourth-order valence-electron chi connectivity index (χ4n) is 1.92. The number of rotatable bonds is 0. The summed E-state index contributed by atoms with van der Waals surface area (Å²) in [5, 5.41) is 0. The third-order valence-electron chi connectivity index (χ3n) is 2.76. The minimum atomic E-state index is -1.22. The van der Waals surface area contributed by atoms with E-state index in [0.717, 1.165) is 22.3 Å². The van der Waals surface area contributed by atoms with Gasteiger partial charge in [0, 0.05) is 0 Å². The summed E-state index contributed by atoms with van der Waals surface area (Å²) in [7, 11) is 0. The van der Waals surface area contributed by atoms with Crippen LogP contribution >= 0.6 is 0 Å². The fourth-order valence-corrected chi connectivity index (χ4v) is 3.65. The SMILES string of the molecule is O=S1Cc2cc3c(cc2CO1)COS(=O)C3. The molecule has 0 fully saturated rings. The predicted molar refractivity (Wildman–Crippen MR) is 59.7 cm³/mol. The lowest BCUT2D eigenvalue weighted by Gasteiger charge is -2.21. The Bertz CT molecular complexity index is 457. The lowest BCUT2D eigenvalue weighted by atomic mass is 10.0. The van der Waals surface area contributed by atoms with E-state index in [0.29, 0.717) is 24.7 Å². The van der Waals surface area contributed by atoms with Crippen LogP contribution in [0.25, 0.3) is 0 Å². The third kappa shape index (κ3) is 1.86. The quantitative estimate of drug-likeness (QED) is 0.698. The first-order valence-corrected chi connectivity index (χ1v) is 7.38. The van der Waals surface area contributed by atoms with E-state index in [9.17, 15) is 8.42 Å². The standard InChI is InChI=1S/C10H10O4S2/c11-15-5-9-2-10-6-16(12)14-4-8(10)1-7(9)3-13-15/h1-2H,3-6H2. The minimum absolute atomic E-state index is 0.387. The molecule has 0 spiro atoms. The van der Waals surface area contributed by atoms with Gasteiger partial charge in [0.05, 0.1) is 24.7 Å². The van der Waals surface area contributed by atoms with Crippen molar-refractivity contribution in [2.45, 2.75) is 24.7 Å². The molecule has 0 amide bonds. The highest BCUT2D eigenvalue weighted by Crippen LogP contribution is 2.27. The highest BCUT2D eigenvalue weighted by molar-refractivity contribution is 7.79. The van der Waals surface area contributed by atoms with Crippen molar-refractivity contribution in [1.29, 1.82) is 0 Å². The Hall–Kier alpha value is -0.560. The van der Waals surface area contributed by atoms with Gasteiger partial charge in [-0.05, 0) is 22.3 Å². The van der Waals surface area contributed by atoms with E-state index in [2.05, 4.69) is 0 Å². The molecule has 1 aromatic rings. The molecule has 0 saturated carbocycles. The topological polar surface area (TPSA) is 52.6 Å². The summed E-state index contributed by atoms with van der Waals surface area (Å²) in [4.78, 5) is 0. The van der Waals surface area contributed by atoms with Gasteiger partial charge in [0.25, 0.3) is 0 Å². The zero-order chi connectivity index (χ0) is 11.1. The second-order valence-electron chi connectivity index (χ2n) is 3.81. The van der Waals surface area contributed by atoms with Gasteiger partial charge in [-0.3, -0.25) is 8.37 Å². The van der Waals surface area contributed by atoms with Crippen molar-refractivity contribution in [2.24, 2.45) is 0 Å². The molecule has 0 saturated heterocycles. The van der Waals surface area contributed by atoms with Crippen LogP contribution in [0.2, 0.25) is 0 Å². The Labute approximate surface area is 98.3 Å².